The Morgan fingerprint density at radius 3 is 2.92 bits per heavy atom. The van der Waals surface area contributed by atoms with Crippen LogP contribution in [0.15, 0.2) is 48.8 Å². The van der Waals surface area contributed by atoms with Gasteiger partial charge in [0.1, 0.15) is 11.3 Å². The molecule has 0 radical (unpaired) electrons. The van der Waals surface area contributed by atoms with Crippen molar-refractivity contribution in [2.45, 2.75) is 25.1 Å². The van der Waals surface area contributed by atoms with E-state index in [1.807, 2.05) is 36.5 Å². The molecule has 1 fully saturated rings. The number of β-amino-alcohol motifs (C(OH)–C–C–N with tert-alkyl or cyclic N) is 1. The quantitative estimate of drug-likeness (QED) is 0.731. The van der Waals surface area contributed by atoms with Gasteiger partial charge in [-0.2, -0.15) is 20.7 Å². The molecule has 3 heterocycles. The highest BCUT2D eigenvalue weighted by Gasteiger charge is 2.39. The number of nitriles is 1. The summed E-state index contributed by atoms with van der Waals surface area (Å²) >= 11 is 0. The van der Waals surface area contributed by atoms with Crippen molar-refractivity contribution in [3.8, 4) is 6.07 Å². The van der Waals surface area contributed by atoms with Crippen LogP contribution in [0.4, 0.5) is 0 Å². The number of aromatic nitrogens is 4. The van der Waals surface area contributed by atoms with Crippen LogP contribution in [0.3, 0.4) is 0 Å². The largest absolute Gasteiger partial charge is 0.382 e. The molecule has 0 spiro atoms. The fourth-order valence-corrected chi connectivity index (χ4v) is 3.57. The second kappa shape index (κ2) is 6.75. The Kier molecular flexibility index (Phi) is 4.29. The summed E-state index contributed by atoms with van der Waals surface area (Å²) in [5.41, 5.74) is 2.51. The third-order valence-electron chi connectivity index (χ3n) is 5.01. The highest BCUT2D eigenvalue weighted by Crippen LogP contribution is 2.31. The van der Waals surface area contributed by atoms with Gasteiger partial charge in [-0.25, -0.2) is 0 Å². The van der Waals surface area contributed by atoms with Gasteiger partial charge < -0.3 is 9.67 Å². The third-order valence-corrected chi connectivity index (χ3v) is 5.01. The van der Waals surface area contributed by atoms with Gasteiger partial charge in [0.05, 0.1) is 17.8 Å². The smallest absolute Gasteiger partial charge is 0.124 e. The molecule has 26 heavy (non-hydrogen) atoms. The first-order valence-electron chi connectivity index (χ1n) is 8.61. The second-order valence-electron chi connectivity index (χ2n) is 6.74. The standard InChI is InChI=1S/C19H20N6O/c20-10-15-4-1-2-5-16(15)12-25-8-3-6-17(25)13-24-9-7-19(26,14-24)18-11-21-23-22-18/h1-6,8,11,26H,7,9,12-14H2,(H,21,22,23). The Morgan fingerprint density at radius 1 is 1.23 bits per heavy atom. The van der Waals surface area contributed by atoms with Crippen LogP contribution in [0.2, 0.25) is 0 Å². The predicted molar refractivity (Wildman–Crippen MR) is 94.9 cm³/mol. The minimum absolute atomic E-state index is 0.527. The van der Waals surface area contributed by atoms with Crippen LogP contribution >= 0.6 is 0 Å². The summed E-state index contributed by atoms with van der Waals surface area (Å²) in [5, 5.41) is 30.5. The molecule has 1 aliphatic heterocycles. The SMILES string of the molecule is N#Cc1ccccc1Cn1cccc1CN1CCC(O)(c2cn[nH]n2)C1. The topological polar surface area (TPSA) is 93.8 Å². The van der Waals surface area contributed by atoms with Gasteiger partial charge in [-0.15, -0.1) is 0 Å². The lowest BCUT2D eigenvalue weighted by atomic mass is 10.0. The summed E-state index contributed by atoms with van der Waals surface area (Å²) in [5.74, 6) is 0. The molecule has 0 saturated carbocycles. The summed E-state index contributed by atoms with van der Waals surface area (Å²) in [6.45, 7) is 2.72. The molecule has 1 unspecified atom stereocenters. The van der Waals surface area contributed by atoms with Crippen LogP contribution in [0.1, 0.15) is 28.9 Å². The third kappa shape index (κ3) is 3.12. The van der Waals surface area contributed by atoms with E-state index < -0.39 is 5.60 Å². The number of nitrogens with zero attached hydrogens (tertiary/aromatic N) is 5. The summed E-state index contributed by atoms with van der Waals surface area (Å²) in [4.78, 5) is 2.22. The van der Waals surface area contributed by atoms with E-state index >= 15 is 0 Å². The molecule has 2 aromatic heterocycles. The maximum Gasteiger partial charge on any atom is 0.124 e. The number of hydrogen-bond donors (Lipinski definition) is 2. The first kappa shape index (κ1) is 16.5. The molecule has 0 bridgehead atoms. The van der Waals surface area contributed by atoms with E-state index in [2.05, 4.69) is 37.0 Å². The highest BCUT2D eigenvalue weighted by molar-refractivity contribution is 5.37. The Bertz CT molecular complexity index is 926. The highest BCUT2D eigenvalue weighted by atomic mass is 16.3. The van der Waals surface area contributed by atoms with Crippen LogP contribution in [-0.4, -0.2) is 43.1 Å². The molecular formula is C19H20N6O. The number of H-pyrrole nitrogens is 1. The zero-order valence-corrected chi connectivity index (χ0v) is 14.3. The zero-order valence-electron chi connectivity index (χ0n) is 14.3. The molecule has 1 aliphatic rings. The van der Waals surface area contributed by atoms with E-state index in [1.54, 1.807) is 6.20 Å². The fraction of sp³-hybridized carbons (Fsp3) is 0.316. The van der Waals surface area contributed by atoms with E-state index in [0.717, 1.165) is 24.3 Å². The van der Waals surface area contributed by atoms with E-state index in [0.29, 0.717) is 30.8 Å². The molecule has 0 amide bonds. The van der Waals surface area contributed by atoms with Gasteiger partial charge in [0.25, 0.3) is 0 Å². The number of nitrogens with one attached hydrogen (secondary N) is 1. The minimum atomic E-state index is -0.947. The normalized spacial score (nSPS) is 20.3. The first-order valence-corrected chi connectivity index (χ1v) is 8.61. The molecule has 2 N–H and O–H groups in total. The van der Waals surface area contributed by atoms with Crippen molar-refractivity contribution in [3.63, 3.8) is 0 Å². The summed E-state index contributed by atoms with van der Waals surface area (Å²) in [6.07, 6.45) is 4.26. The van der Waals surface area contributed by atoms with Gasteiger partial charge in [-0.05, 0) is 30.2 Å². The van der Waals surface area contributed by atoms with E-state index in [1.165, 1.54) is 0 Å². The maximum atomic E-state index is 10.8. The number of likely N-dealkylation sites (tertiary alicyclic amines) is 1. The van der Waals surface area contributed by atoms with Crippen LogP contribution in [0.25, 0.3) is 0 Å². The van der Waals surface area contributed by atoms with Gasteiger partial charge in [-0.1, -0.05) is 18.2 Å². The maximum absolute atomic E-state index is 10.8. The molecule has 132 valence electrons. The van der Waals surface area contributed by atoms with Crippen LogP contribution in [0.5, 0.6) is 0 Å². The summed E-state index contributed by atoms with van der Waals surface area (Å²) in [6, 6.07) is 14.0. The lowest BCUT2D eigenvalue weighted by Gasteiger charge is -2.21. The van der Waals surface area contributed by atoms with Crippen molar-refractivity contribution in [2.24, 2.45) is 0 Å². The lowest BCUT2D eigenvalue weighted by Crippen LogP contribution is -2.31. The molecule has 1 aromatic carbocycles. The van der Waals surface area contributed by atoms with Crippen molar-refractivity contribution >= 4 is 0 Å². The second-order valence-corrected chi connectivity index (χ2v) is 6.74. The molecular weight excluding hydrogens is 328 g/mol. The van der Waals surface area contributed by atoms with Gasteiger partial charge in [0.15, 0.2) is 0 Å². The fourth-order valence-electron chi connectivity index (χ4n) is 3.57. The molecule has 7 heteroatoms. The number of aliphatic hydroxyl groups is 1. The van der Waals surface area contributed by atoms with E-state index in [9.17, 15) is 10.4 Å². The number of benzene rings is 1. The Morgan fingerprint density at radius 2 is 2.12 bits per heavy atom. The van der Waals surface area contributed by atoms with Crippen molar-refractivity contribution in [3.05, 3.63) is 71.3 Å². The summed E-state index contributed by atoms with van der Waals surface area (Å²) in [7, 11) is 0. The minimum Gasteiger partial charge on any atom is -0.382 e. The number of hydrogen-bond acceptors (Lipinski definition) is 5. The Hall–Kier alpha value is -2.95. The van der Waals surface area contributed by atoms with E-state index in [-0.39, 0.29) is 0 Å². The average Bonchev–Trinajstić information content (AvgIpc) is 3.39. The lowest BCUT2D eigenvalue weighted by molar-refractivity contribution is 0.0406. The van der Waals surface area contributed by atoms with E-state index in [4.69, 9.17) is 0 Å². The molecule has 0 aliphatic carbocycles. The predicted octanol–water partition coefficient (Wildman–Crippen LogP) is 1.62. The van der Waals surface area contributed by atoms with Crippen molar-refractivity contribution in [1.82, 2.24) is 24.9 Å². The number of rotatable bonds is 5. The van der Waals surface area contributed by atoms with Crippen LogP contribution in [0, 0.1) is 11.3 Å². The molecule has 1 atom stereocenters. The zero-order chi connectivity index (χ0) is 18.0. The van der Waals surface area contributed by atoms with Crippen LogP contribution < -0.4 is 0 Å². The number of aromatic amines is 1. The van der Waals surface area contributed by atoms with Gasteiger partial charge >= 0.3 is 0 Å². The monoisotopic (exact) mass is 348 g/mol. The Labute approximate surface area is 151 Å². The van der Waals surface area contributed by atoms with Gasteiger partial charge in [0.2, 0.25) is 0 Å². The molecule has 4 rings (SSSR count). The average molecular weight is 348 g/mol. The van der Waals surface area contributed by atoms with Crippen molar-refractivity contribution in [2.75, 3.05) is 13.1 Å². The van der Waals surface area contributed by atoms with Gasteiger partial charge in [0, 0.05) is 38.1 Å². The first-order chi connectivity index (χ1) is 12.7. The van der Waals surface area contributed by atoms with Crippen molar-refractivity contribution < 1.29 is 5.11 Å². The summed E-state index contributed by atoms with van der Waals surface area (Å²) < 4.78 is 2.16. The molecule has 3 aromatic rings. The van der Waals surface area contributed by atoms with Gasteiger partial charge in [-0.3, -0.25) is 4.90 Å². The Balaban J connectivity index is 1.48. The molecule has 7 nitrogen and oxygen atoms in total. The van der Waals surface area contributed by atoms with Crippen LogP contribution in [-0.2, 0) is 18.7 Å². The van der Waals surface area contributed by atoms with Crippen molar-refractivity contribution in [1.29, 1.82) is 5.26 Å². The molecule has 1 saturated heterocycles.